The first-order chi connectivity index (χ1) is 20.7. The van der Waals surface area contributed by atoms with E-state index in [1.807, 2.05) is 24.4 Å². The van der Waals surface area contributed by atoms with E-state index in [1.54, 1.807) is 0 Å². The van der Waals surface area contributed by atoms with E-state index in [0.717, 1.165) is 50.0 Å². The minimum absolute atomic E-state index is 0.658. The Morgan fingerprint density at radius 1 is 0.548 bits per heavy atom. The van der Waals surface area contributed by atoms with E-state index in [0.29, 0.717) is 5.56 Å². The van der Waals surface area contributed by atoms with Crippen LogP contribution < -0.4 is 0 Å². The second kappa shape index (κ2) is 9.19. The normalized spacial score (nSPS) is 11.5. The molecule has 0 aliphatic carbocycles. The second-order valence-corrected chi connectivity index (χ2v) is 10.8. The van der Waals surface area contributed by atoms with Gasteiger partial charge in [-0.3, -0.25) is 4.98 Å². The quantitative estimate of drug-likeness (QED) is 0.225. The molecule has 0 fully saturated rings. The summed E-state index contributed by atoms with van der Waals surface area (Å²) in [5.41, 5.74) is 11.8. The standard InChI is InChI=1S/C38H26N4/c1-24-36(41-32-15-6-3-11-27(32)28-12-4-7-16-33(28)41)22-37(25(2)38(24)31-14-9-10-20-40-31)42-34-17-8-5-13-29(34)30-21-26(23-39)18-19-35(30)42/h3-22H,1-2H3. The predicted octanol–water partition coefficient (Wildman–Crippen LogP) is 9.43. The molecule has 5 aromatic carbocycles. The minimum Gasteiger partial charge on any atom is -0.309 e. The van der Waals surface area contributed by atoms with Gasteiger partial charge in [0.05, 0.1) is 50.8 Å². The summed E-state index contributed by atoms with van der Waals surface area (Å²) in [6.45, 7) is 4.41. The van der Waals surface area contributed by atoms with E-state index < -0.39 is 0 Å². The molecule has 0 spiro atoms. The van der Waals surface area contributed by atoms with Crippen LogP contribution in [0.3, 0.4) is 0 Å². The first-order valence-corrected chi connectivity index (χ1v) is 14.1. The fourth-order valence-corrected chi connectivity index (χ4v) is 6.73. The monoisotopic (exact) mass is 538 g/mol. The Kier molecular flexibility index (Phi) is 5.29. The zero-order valence-corrected chi connectivity index (χ0v) is 23.3. The van der Waals surface area contributed by atoms with E-state index in [-0.39, 0.29) is 0 Å². The molecule has 0 radical (unpaired) electrons. The van der Waals surface area contributed by atoms with Gasteiger partial charge in [0.25, 0.3) is 0 Å². The van der Waals surface area contributed by atoms with Gasteiger partial charge in [-0.25, -0.2) is 0 Å². The highest BCUT2D eigenvalue weighted by molar-refractivity contribution is 6.11. The highest BCUT2D eigenvalue weighted by atomic mass is 15.0. The Bertz CT molecular complexity index is 2330. The van der Waals surface area contributed by atoms with Crippen molar-refractivity contribution in [2.75, 3.05) is 0 Å². The van der Waals surface area contributed by atoms with Crippen molar-refractivity contribution < 1.29 is 0 Å². The Morgan fingerprint density at radius 3 is 1.57 bits per heavy atom. The Balaban J connectivity index is 1.56. The van der Waals surface area contributed by atoms with Gasteiger partial charge in [0.15, 0.2) is 0 Å². The predicted molar refractivity (Wildman–Crippen MR) is 173 cm³/mol. The number of benzene rings is 5. The van der Waals surface area contributed by atoms with Crippen LogP contribution in [0.5, 0.6) is 0 Å². The summed E-state index contributed by atoms with van der Waals surface area (Å²) in [7, 11) is 0. The molecule has 8 rings (SSSR count). The maximum absolute atomic E-state index is 9.68. The molecular weight excluding hydrogens is 512 g/mol. The van der Waals surface area contributed by atoms with Crippen molar-refractivity contribution in [2.45, 2.75) is 13.8 Å². The van der Waals surface area contributed by atoms with Crippen molar-refractivity contribution in [2.24, 2.45) is 0 Å². The fourth-order valence-electron chi connectivity index (χ4n) is 6.73. The van der Waals surface area contributed by atoms with Crippen LogP contribution in [0.15, 0.2) is 121 Å². The van der Waals surface area contributed by atoms with Crippen molar-refractivity contribution in [1.29, 1.82) is 5.26 Å². The van der Waals surface area contributed by atoms with Gasteiger partial charge >= 0.3 is 0 Å². The maximum Gasteiger partial charge on any atom is 0.0991 e. The largest absolute Gasteiger partial charge is 0.309 e. The molecule has 42 heavy (non-hydrogen) atoms. The van der Waals surface area contributed by atoms with E-state index in [1.165, 1.54) is 27.4 Å². The van der Waals surface area contributed by atoms with Crippen LogP contribution in [0.1, 0.15) is 16.7 Å². The van der Waals surface area contributed by atoms with Crippen LogP contribution in [-0.4, -0.2) is 14.1 Å². The first-order valence-electron chi connectivity index (χ1n) is 14.1. The summed E-state index contributed by atoms with van der Waals surface area (Å²) >= 11 is 0. The van der Waals surface area contributed by atoms with Crippen LogP contribution in [-0.2, 0) is 0 Å². The minimum atomic E-state index is 0.658. The molecule has 3 aromatic heterocycles. The van der Waals surface area contributed by atoms with Crippen molar-refractivity contribution in [3.63, 3.8) is 0 Å². The van der Waals surface area contributed by atoms with Crippen LogP contribution in [0.25, 0.3) is 66.2 Å². The van der Waals surface area contributed by atoms with Crippen LogP contribution in [0.2, 0.25) is 0 Å². The maximum atomic E-state index is 9.68. The molecule has 0 saturated carbocycles. The third-order valence-corrected chi connectivity index (χ3v) is 8.58. The lowest BCUT2D eigenvalue weighted by Crippen LogP contribution is -2.06. The van der Waals surface area contributed by atoms with Gasteiger partial charge in [0, 0.05) is 33.3 Å². The fraction of sp³-hybridized carbons (Fsp3) is 0.0526. The van der Waals surface area contributed by atoms with E-state index in [4.69, 9.17) is 4.98 Å². The number of nitrogens with zero attached hydrogens (tertiary/aromatic N) is 4. The molecule has 0 unspecified atom stereocenters. The van der Waals surface area contributed by atoms with Crippen LogP contribution >= 0.6 is 0 Å². The van der Waals surface area contributed by atoms with Gasteiger partial charge < -0.3 is 9.13 Å². The van der Waals surface area contributed by atoms with Crippen LogP contribution in [0, 0.1) is 25.2 Å². The Morgan fingerprint density at radius 2 is 1.05 bits per heavy atom. The third kappa shape index (κ3) is 3.38. The molecule has 198 valence electrons. The number of pyridine rings is 1. The molecule has 0 bridgehead atoms. The van der Waals surface area contributed by atoms with E-state index in [9.17, 15) is 5.26 Å². The lowest BCUT2D eigenvalue weighted by Gasteiger charge is -2.22. The summed E-state index contributed by atoms with van der Waals surface area (Å²) in [6.07, 6.45) is 1.87. The lowest BCUT2D eigenvalue weighted by atomic mass is 9.95. The third-order valence-electron chi connectivity index (χ3n) is 8.58. The Hall–Kier alpha value is -5.66. The number of aromatic nitrogens is 3. The number of rotatable bonds is 3. The molecule has 0 aliphatic rings. The van der Waals surface area contributed by atoms with Crippen molar-refractivity contribution >= 4 is 43.6 Å². The number of fused-ring (bicyclic) bond motifs is 6. The van der Waals surface area contributed by atoms with Gasteiger partial charge in [-0.1, -0.05) is 60.7 Å². The van der Waals surface area contributed by atoms with Crippen molar-refractivity contribution in [3.8, 4) is 28.7 Å². The van der Waals surface area contributed by atoms with Gasteiger partial charge in [0.1, 0.15) is 0 Å². The van der Waals surface area contributed by atoms with Crippen molar-refractivity contribution in [1.82, 2.24) is 14.1 Å². The smallest absolute Gasteiger partial charge is 0.0991 e. The van der Waals surface area contributed by atoms with Gasteiger partial charge in [-0.05, 0) is 79.6 Å². The van der Waals surface area contributed by atoms with E-state index >= 15 is 0 Å². The molecule has 0 saturated heterocycles. The number of nitriles is 1. The molecule has 4 nitrogen and oxygen atoms in total. The summed E-state index contributed by atoms with van der Waals surface area (Å²) in [5, 5.41) is 14.3. The zero-order chi connectivity index (χ0) is 28.4. The number of para-hydroxylation sites is 3. The van der Waals surface area contributed by atoms with Crippen LogP contribution in [0.4, 0.5) is 0 Å². The van der Waals surface area contributed by atoms with Gasteiger partial charge in [0.2, 0.25) is 0 Å². The molecular formula is C38H26N4. The summed E-state index contributed by atoms with van der Waals surface area (Å²) < 4.78 is 4.75. The molecule has 0 atom stereocenters. The SMILES string of the molecule is Cc1c(-n2c3ccccc3c3ccccc32)cc(-n2c3ccccc3c3cc(C#N)ccc32)c(C)c1-c1ccccn1. The molecule has 3 heterocycles. The number of hydrogen-bond donors (Lipinski definition) is 0. The van der Waals surface area contributed by atoms with E-state index in [2.05, 4.69) is 126 Å². The average molecular weight is 539 g/mol. The molecule has 0 amide bonds. The summed E-state index contributed by atoms with van der Waals surface area (Å²) in [6, 6.07) is 42.5. The average Bonchev–Trinajstić information content (AvgIpc) is 3.55. The summed E-state index contributed by atoms with van der Waals surface area (Å²) in [4.78, 5) is 4.83. The number of hydrogen-bond acceptors (Lipinski definition) is 2. The molecule has 4 heteroatoms. The zero-order valence-electron chi connectivity index (χ0n) is 23.3. The van der Waals surface area contributed by atoms with Crippen molar-refractivity contribution in [3.05, 3.63) is 138 Å². The lowest BCUT2D eigenvalue weighted by molar-refractivity contribution is 1.09. The summed E-state index contributed by atoms with van der Waals surface area (Å²) in [5.74, 6) is 0. The highest BCUT2D eigenvalue weighted by Gasteiger charge is 2.22. The highest BCUT2D eigenvalue weighted by Crippen LogP contribution is 2.41. The Labute approximate surface area is 243 Å². The first kappa shape index (κ1) is 24.2. The van der Waals surface area contributed by atoms with Gasteiger partial charge in [-0.15, -0.1) is 0 Å². The molecule has 0 N–H and O–H groups in total. The molecule has 0 aliphatic heterocycles. The van der Waals surface area contributed by atoms with Gasteiger partial charge in [-0.2, -0.15) is 5.26 Å². The topological polar surface area (TPSA) is 46.5 Å². The molecule has 8 aromatic rings. The second-order valence-electron chi connectivity index (χ2n) is 10.8.